The molecule has 0 unspecified atom stereocenters. The quantitative estimate of drug-likeness (QED) is 0.744. The maximum Gasteiger partial charge on any atom is 0.314 e. The van der Waals surface area contributed by atoms with Crippen LogP contribution in [0.25, 0.3) is 0 Å². The molecule has 28 heavy (non-hydrogen) atoms. The van der Waals surface area contributed by atoms with Crippen molar-refractivity contribution in [1.29, 1.82) is 0 Å². The van der Waals surface area contributed by atoms with E-state index in [9.17, 15) is 4.79 Å². The van der Waals surface area contributed by atoms with Gasteiger partial charge in [-0.25, -0.2) is 4.98 Å². The van der Waals surface area contributed by atoms with Crippen LogP contribution in [0.4, 0.5) is 5.82 Å². The van der Waals surface area contributed by atoms with Crippen LogP contribution in [0, 0.1) is 11.3 Å². The van der Waals surface area contributed by atoms with Gasteiger partial charge >= 0.3 is 5.97 Å². The summed E-state index contributed by atoms with van der Waals surface area (Å²) in [4.78, 5) is 26.6. The van der Waals surface area contributed by atoms with Crippen molar-refractivity contribution in [3.05, 3.63) is 54.5 Å². The number of carbonyl (C=O) groups excluding carboxylic acids is 1. The fraction of sp³-hybridized carbons (Fsp3) is 0.500. The van der Waals surface area contributed by atoms with Gasteiger partial charge in [-0.1, -0.05) is 12.1 Å². The zero-order chi connectivity index (χ0) is 19.4. The molecule has 0 aliphatic carbocycles. The van der Waals surface area contributed by atoms with Crippen molar-refractivity contribution in [3.63, 3.8) is 0 Å². The normalized spacial score (nSPS) is 25.2. The topological polar surface area (TPSA) is 58.6 Å². The van der Waals surface area contributed by atoms with Crippen LogP contribution in [0.15, 0.2) is 48.9 Å². The number of ether oxygens (including phenoxy) is 1. The van der Waals surface area contributed by atoms with Gasteiger partial charge in [0.1, 0.15) is 5.82 Å². The summed E-state index contributed by atoms with van der Waals surface area (Å²) in [6.45, 7) is 6.59. The zero-order valence-corrected chi connectivity index (χ0v) is 16.5. The molecule has 4 heterocycles. The Bertz CT molecular complexity index is 786. The molecule has 4 rings (SSSR count). The number of hydrogen-bond acceptors (Lipinski definition) is 6. The Balaban J connectivity index is 1.58. The van der Waals surface area contributed by atoms with Gasteiger partial charge in [0.05, 0.1) is 12.0 Å². The van der Waals surface area contributed by atoms with Crippen molar-refractivity contribution in [2.75, 3.05) is 37.7 Å². The van der Waals surface area contributed by atoms with Gasteiger partial charge in [0.25, 0.3) is 0 Å². The highest BCUT2D eigenvalue weighted by Gasteiger charge is 2.54. The summed E-state index contributed by atoms with van der Waals surface area (Å²) in [5, 5.41) is 0. The Kier molecular flexibility index (Phi) is 5.57. The second kappa shape index (κ2) is 8.27. The van der Waals surface area contributed by atoms with E-state index in [1.165, 1.54) is 5.56 Å². The summed E-state index contributed by atoms with van der Waals surface area (Å²) in [5.74, 6) is 1.13. The fourth-order valence-corrected chi connectivity index (χ4v) is 4.73. The number of anilines is 1. The molecule has 2 atom stereocenters. The number of fused-ring (bicyclic) bond motifs is 1. The number of carbonyl (C=O) groups is 1. The molecular formula is C22H28N4O2. The first-order chi connectivity index (χ1) is 13.7. The van der Waals surface area contributed by atoms with E-state index in [1.807, 2.05) is 43.6 Å². The number of aromatic nitrogens is 2. The molecule has 0 amide bonds. The highest BCUT2D eigenvalue weighted by molar-refractivity contribution is 5.79. The van der Waals surface area contributed by atoms with E-state index >= 15 is 0 Å². The molecule has 6 heteroatoms. The number of nitrogens with zero attached hydrogens (tertiary/aromatic N) is 4. The van der Waals surface area contributed by atoms with Gasteiger partial charge < -0.3 is 9.64 Å². The smallest absolute Gasteiger partial charge is 0.314 e. The average molecular weight is 380 g/mol. The molecule has 2 saturated heterocycles. The van der Waals surface area contributed by atoms with Gasteiger partial charge in [-0.15, -0.1) is 0 Å². The number of pyridine rings is 2. The standard InChI is InChI=1S/C22H28N4O2/c1-2-28-21(27)22-9-6-12-25(14-18-7-5-10-23-13-18)15-19(22)16-26(17-22)20-8-3-4-11-24-20/h3-5,7-8,10-11,13,19H,2,6,9,12,14-17H2,1H3/t19-,22-/m0/s1. The molecule has 148 valence electrons. The number of rotatable bonds is 5. The van der Waals surface area contributed by atoms with Crippen LogP contribution in [0.1, 0.15) is 25.3 Å². The van der Waals surface area contributed by atoms with Crippen molar-refractivity contribution in [1.82, 2.24) is 14.9 Å². The first-order valence-electron chi connectivity index (χ1n) is 10.2. The number of esters is 1. The van der Waals surface area contributed by atoms with E-state index in [4.69, 9.17) is 4.74 Å². The molecular weight excluding hydrogens is 352 g/mol. The van der Waals surface area contributed by atoms with Crippen LogP contribution in [0.3, 0.4) is 0 Å². The highest BCUT2D eigenvalue weighted by atomic mass is 16.5. The largest absolute Gasteiger partial charge is 0.466 e. The third-order valence-electron chi connectivity index (χ3n) is 6.06. The first-order valence-corrected chi connectivity index (χ1v) is 10.2. The van der Waals surface area contributed by atoms with Crippen molar-refractivity contribution in [3.8, 4) is 0 Å². The minimum Gasteiger partial charge on any atom is -0.466 e. The third kappa shape index (κ3) is 3.74. The maximum atomic E-state index is 13.1. The molecule has 2 aliphatic rings. The van der Waals surface area contributed by atoms with Gasteiger partial charge in [-0.05, 0) is 50.1 Å². The Labute approximate surface area is 166 Å². The monoisotopic (exact) mass is 380 g/mol. The van der Waals surface area contributed by atoms with Crippen LogP contribution in [0.5, 0.6) is 0 Å². The minimum absolute atomic E-state index is 0.0401. The van der Waals surface area contributed by atoms with Gasteiger partial charge in [0, 0.05) is 50.7 Å². The lowest BCUT2D eigenvalue weighted by molar-refractivity contribution is -0.157. The SMILES string of the molecule is CCOC(=O)[C@]12CCCN(Cc3cccnc3)C[C@H]1CN(c1ccccn1)C2. The maximum absolute atomic E-state index is 13.1. The minimum atomic E-state index is -0.447. The molecule has 6 nitrogen and oxygen atoms in total. The van der Waals surface area contributed by atoms with Crippen molar-refractivity contribution < 1.29 is 9.53 Å². The molecule has 0 saturated carbocycles. The Morgan fingerprint density at radius 2 is 2.18 bits per heavy atom. The summed E-state index contributed by atoms with van der Waals surface area (Å²) in [5.41, 5.74) is 0.766. The summed E-state index contributed by atoms with van der Waals surface area (Å²) in [6, 6.07) is 10.0. The molecule has 2 aromatic heterocycles. The molecule has 0 aromatic carbocycles. The van der Waals surface area contributed by atoms with E-state index < -0.39 is 5.41 Å². The lowest BCUT2D eigenvalue weighted by Crippen LogP contribution is -2.42. The summed E-state index contributed by atoms with van der Waals surface area (Å²) < 4.78 is 5.56. The number of hydrogen-bond donors (Lipinski definition) is 0. The van der Waals surface area contributed by atoms with Crippen LogP contribution in [-0.4, -0.2) is 53.6 Å². The number of likely N-dealkylation sites (tertiary alicyclic amines) is 1. The first kappa shape index (κ1) is 18.9. The van der Waals surface area contributed by atoms with Gasteiger partial charge in [0.15, 0.2) is 0 Å². The molecule has 2 aliphatic heterocycles. The van der Waals surface area contributed by atoms with Gasteiger partial charge in [-0.2, -0.15) is 0 Å². The van der Waals surface area contributed by atoms with E-state index in [0.717, 1.165) is 44.8 Å². The zero-order valence-electron chi connectivity index (χ0n) is 16.5. The summed E-state index contributed by atoms with van der Waals surface area (Å²) in [7, 11) is 0. The Morgan fingerprint density at radius 3 is 2.93 bits per heavy atom. The van der Waals surface area contributed by atoms with Crippen LogP contribution < -0.4 is 4.90 Å². The molecule has 0 bridgehead atoms. The predicted octanol–water partition coefficient (Wildman–Crippen LogP) is 2.76. The van der Waals surface area contributed by atoms with Crippen LogP contribution in [-0.2, 0) is 16.1 Å². The second-order valence-electron chi connectivity index (χ2n) is 7.84. The highest BCUT2D eigenvalue weighted by Crippen LogP contribution is 2.45. The van der Waals surface area contributed by atoms with Crippen LogP contribution >= 0.6 is 0 Å². The van der Waals surface area contributed by atoms with Gasteiger partial charge in [0.2, 0.25) is 0 Å². The van der Waals surface area contributed by atoms with E-state index in [-0.39, 0.29) is 11.9 Å². The second-order valence-corrected chi connectivity index (χ2v) is 7.84. The molecule has 0 spiro atoms. The molecule has 2 fully saturated rings. The fourth-order valence-electron chi connectivity index (χ4n) is 4.73. The molecule has 2 aromatic rings. The summed E-state index contributed by atoms with van der Waals surface area (Å²) in [6.07, 6.45) is 7.40. The predicted molar refractivity (Wildman–Crippen MR) is 108 cm³/mol. The summed E-state index contributed by atoms with van der Waals surface area (Å²) >= 11 is 0. The average Bonchev–Trinajstić information content (AvgIpc) is 3.00. The van der Waals surface area contributed by atoms with Crippen LogP contribution in [0.2, 0.25) is 0 Å². The third-order valence-corrected chi connectivity index (χ3v) is 6.06. The van der Waals surface area contributed by atoms with E-state index in [2.05, 4.69) is 25.8 Å². The van der Waals surface area contributed by atoms with Crippen molar-refractivity contribution >= 4 is 11.8 Å². The Morgan fingerprint density at radius 1 is 1.25 bits per heavy atom. The van der Waals surface area contributed by atoms with Crippen molar-refractivity contribution in [2.24, 2.45) is 11.3 Å². The molecule has 0 radical (unpaired) electrons. The lowest BCUT2D eigenvalue weighted by Gasteiger charge is -2.31. The van der Waals surface area contributed by atoms with E-state index in [1.54, 1.807) is 6.20 Å². The van der Waals surface area contributed by atoms with E-state index in [0.29, 0.717) is 13.2 Å². The molecule has 0 N–H and O–H groups in total. The van der Waals surface area contributed by atoms with Gasteiger partial charge in [-0.3, -0.25) is 14.7 Å². The van der Waals surface area contributed by atoms with Crippen molar-refractivity contribution in [2.45, 2.75) is 26.3 Å². The lowest BCUT2D eigenvalue weighted by atomic mass is 9.75. The Hall–Kier alpha value is -2.47.